The van der Waals surface area contributed by atoms with Gasteiger partial charge in [0.25, 0.3) is 0 Å². The first-order valence-corrected chi connectivity index (χ1v) is 6.84. The highest BCUT2D eigenvalue weighted by Crippen LogP contribution is 2.03. The molecule has 1 rings (SSSR count). The number of hydrogen-bond acceptors (Lipinski definition) is 4. The number of ether oxygens (including phenoxy) is 1. The number of carbonyl (C=O) groups excluding carboxylic acids is 1. The molecule has 1 amide bonds. The van der Waals surface area contributed by atoms with Gasteiger partial charge >= 0.3 is 0 Å². The lowest BCUT2D eigenvalue weighted by Gasteiger charge is -2.35. The van der Waals surface area contributed by atoms with Crippen molar-refractivity contribution in [3.8, 4) is 0 Å². The van der Waals surface area contributed by atoms with Crippen LogP contribution >= 0.6 is 0 Å². The number of rotatable bonds is 6. The third-order valence-corrected chi connectivity index (χ3v) is 2.98. The minimum Gasteiger partial charge on any atom is -0.363 e. The van der Waals surface area contributed by atoms with E-state index < -0.39 is 0 Å². The van der Waals surface area contributed by atoms with Crippen molar-refractivity contribution >= 4 is 5.91 Å². The second-order valence-corrected chi connectivity index (χ2v) is 5.38. The number of carbonyl (C=O) groups is 1. The van der Waals surface area contributed by atoms with Crippen LogP contribution in [-0.2, 0) is 9.53 Å². The van der Waals surface area contributed by atoms with Gasteiger partial charge in [-0.25, -0.2) is 0 Å². The molecule has 106 valence electrons. The Morgan fingerprint density at radius 2 is 1.78 bits per heavy atom. The SMILES string of the molecule is CC(C)NCC(=O)N1CCN(COC(C)C)CC1. The third-order valence-electron chi connectivity index (χ3n) is 2.98. The Morgan fingerprint density at radius 1 is 1.17 bits per heavy atom. The monoisotopic (exact) mass is 257 g/mol. The maximum Gasteiger partial charge on any atom is 0.236 e. The summed E-state index contributed by atoms with van der Waals surface area (Å²) in [5.41, 5.74) is 0. The zero-order valence-corrected chi connectivity index (χ0v) is 12.1. The van der Waals surface area contributed by atoms with Crippen LogP contribution in [0.5, 0.6) is 0 Å². The Morgan fingerprint density at radius 3 is 2.28 bits per heavy atom. The van der Waals surface area contributed by atoms with E-state index in [1.54, 1.807) is 0 Å². The minimum atomic E-state index is 0.202. The number of nitrogens with one attached hydrogen (secondary N) is 1. The van der Waals surface area contributed by atoms with E-state index in [1.807, 2.05) is 18.7 Å². The van der Waals surface area contributed by atoms with Crippen LogP contribution in [0.1, 0.15) is 27.7 Å². The van der Waals surface area contributed by atoms with E-state index in [1.165, 1.54) is 0 Å². The van der Waals surface area contributed by atoms with Crippen LogP contribution in [0.25, 0.3) is 0 Å². The van der Waals surface area contributed by atoms with Crippen LogP contribution in [0, 0.1) is 0 Å². The number of nitrogens with zero attached hydrogens (tertiary/aromatic N) is 2. The summed E-state index contributed by atoms with van der Waals surface area (Å²) in [5, 5.41) is 3.16. The Kier molecular flexibility index (Phi) is 6.60. The predicted octanol–water partition coefficient (Wildman–Crippen LogP) is 0.511. The molecule has 1 fully saturated rings. The molecule has 0 bridgehead atoms. The fraction of sp³-hybridized carbons (Fsp3) is 0.923. The first-order chi connectivity index (χ1) is 8.49. The average Bonchev–Trinajstić information content (AvgIpc) is 2.34. The lowest BCUT2D eigenvalue weighted by Crippen LogP contribution is -2.51. The first kappa shape index (κ1) is 15.4. The van der Waals surface area contributed by atoms with Crippen LogP contribution in [-0.4, -0.2) is 67.3 Å². The maximum absolute atomic E-state index is 11.9. The molecule has 1 saturated heterocycles. The highest BCUT2D eigenvalue weighted by atomic mass is 16.5. The molecule has 0 aliphatic carbocycles. The van der Waals surface area contributed by atoms with Crippen LogP contribution in [0.2, 0.25) is 0 Å². The molecule has 1 aliphatic rings. The lowest BCUT2D eigenvalue weighted by molar-refractivity contribution is -0.133. The molecular formula is C13H27N3O2. The molecule has 1 aliphatic heterocycles. The second kappa shape index (κ2) is 7.71. The fourth-order valence-corrected chi connectivity index (χ4v) is 1.78. The first-order valence-electron chi connectivity index (χ1n) is 6.84. The van der Waals surface area contributed by atoms with E-state index in [2.05, 4.69) is 24.1 Å². The highest BCUT2D eigenvalue weighted by Gasteiger charge is 2.20. The summed E-state index contributed by atoms with van der Waals surface area (Å²) in [4.78, 5) is 16.1. The van der Waals surface area contributed by atoms with Crippen molar-refractivity contribution in [2.45, 2.75) is 39.8 Å². The Balaban J connectivity index is 2.20. The molecule has 0 aromatic heterocycles. The van der Waals surface area contributed by atoms with Crippen molar-refractivity contribution in [2.75, 3.05) is 39.5 Å². The van der Waals surface area contributed by atoms with E-state index >= 15 is 0 Å². The second-order valence-electron chi connectivity index (χ2n) is 5.38. The molecule has 0 radical (unpaired) electrons. The summed E-state index contributed by atoms with van der Waals surface area (Å²) in [6.07, 6.45) is 0.264. The van der Waals surface area contributed by atoms with E-state index in [9.17, 15) is 4.79 Å². The van der Waals surface area contributed by atoms with Gasteiger partial charge in [0.05, 0.1) is 19.4 Å². The molecule has 18 heavy (non-hydrogen) atoms. The lowest BCUT2D eigenvalue weighted by atomic mass is 10.3. The molecule has 5 heteroatoms. The van der Waals surface area contributed by atoms with Crippen molar-refractivity contribution < 1.29 is 9.53 Å². The summed E-state index contributed by atoms with van der Waals surface area (Å²) in [6, 6.07) is 0.356. The van der Waals surface area contributed by atoms with Crippen LogP contribution < -0.4 is 5.32 Å². The van der Waals surface area contributed by atoms with E-state index in [0.717, 1.165) is 26.2 Å². The van der Waals surface area contributed by atoms with Crippen molar-refractivity contribution in [3.05, 3.63) is 0 Å². The fourth-order valence-electron chi connectivity index (χ4n) is 1.78. The van der Waals surface area contributed by atoms with Crippen LogP contribution in [0.3, 0.4) is 0 Å². The van der Waals surface area contributed by atoms with Gasteiger partial charge in [0, 0.05) is 32.2 Å². The standard InChI is InChI=1S/C13H27N3O2/c1-11(2)14-9-13(17)16-7-5-15(6-8-16)10-18-12(3)4/h11-12,14H,5-10H2,1-4H3. The topological polar surface area (TPSA) is 44.8 Å². The summed E-state index contributed by atoms with van der Waals surface area (Å²) in [5.74, 6) is 0.202. The largest absolute Gasteiger partial charge is 0.363 e. The van der Waals surface area contributed by atoms with E-state index in [4.69, 9.17) is 4.74 Å². The van der Waals surface area contributed by atoms with Gasteiger partial charge in [0.2, 0.25) is 5.91 Å². The van der Waals surface area contributed by atoms with E-state index in [0.29, 0.717) is 19.3 Å². The third kappa shape index (κ3) is 5.80. The molecule has 0 spiro atoms. The molecule has 0 saturated carbocycles. The normalized spacial score (nSPS) is 17.8. The molecule has 0 aromatic rings. The molecule has 1 heterocycles. The summed E-state index contributed by atoms with van der Waals surface area (Å²) < 4.78 is 5.57. The summed E-state index contributed by atoms with van der Waals surface area (Å²) in [7, 11) is 0. The summed E-state index contributed by atoms with van der Waals surface area (Å²) in [6.45, 7) is 12.7. The van der Waals surface area contributed by atoms with Crippen LogP contribution in [0.4, 0.5) is 0 Å². The Bertz CT molecular complexity index is 249. The molecule has 1 N–H and O–H groups in total. The van der Waals surface area contributed by atoms with Gasteiger partial charge in [-0.2, -0.15) is 0 Å². The van der Waals surface area contributed by atoms with Gasteiger partial charge in [-0.15, -0.1) is 0 Å². The summed E-state index contributed by atoms with van der Waals surface area (Å²) >= 11 is 0. The quantitative estimate of drug-likeness (QED) is 0.753. The smallest absolute Gasteiger partial charge is 0.236 e. The molecule has 0 atom stereocenters. The van der Waals surface area contributed by atoms with Crippen molar-refractivity contribution in [1.82, 2.24) is 15.1 Å². The average molecular weight is 257 g/mol. The Labute approximate surface area is 110 Å². The van der Waals surface area contributed by atoms with Crippen molar-refractivity contribution in [2.24, 2.45) is 0 Å². The van der Waals surface area contributed by atoms with Crippen molar-refractivity contribution in [1.29, 1.82) is 0 Å². The molecule has 0 unspecified atom stereocenters. The molecule has 0 aromatic carbocycles. The zero-order chi connectivity index (χ0) is 13.5. The Hall–Kier alpha value is -0.650. The van der Waals surface area contributed by atoms with Gasteiger partial charge < -0.3 is 15.0 Å². The predicted molar refractivity (Wildman–Crippen MR) is 72.4 cm³/mol. The van der Waals surface area contributed by atoms with Gasteiger partial charge in [0.1, 0.15) is 0 Å². The van der Waals surface area contributed by atoms with Gasteiger partial charge in [-0.1, -0.05) is 13.8 Å². The van der Waals surface area contributed by atoms with Gasteiger partial charge in [0.15, 0.2) is 0 Å². The van der Waals surface area contributed by atoms with Crippen molar-refractivity contribution in [3.63, 3.8) is 0 Å². The van der Waals surface area contributed by atoms with Crippen LogP contribution in [0.15, 0.2) is 0 Å². The van der Waals surface area contributed by atoms with Gasteiger partial charge in [-0.3, -0.25) is 9.69 Å². The number of hydrogen-bond donors (Lipinski definition) is 1. The molecular weight excluding hydrogens is 230 g/mol. The van der Waals surface area contributed by atoms with E-state index in [-0.39, 0.29) is 12.0 Å². The minimum absolute atomic E-state index is 0.202. The number of piperazine rings is 1. The number of amides is 1. The maximum atomic E-state index is 11.9. The van der Waals surface area contributed by atoms with Gasteiger partial charge in [-0.05, 0) is 13.8 Å². The molecule has 5 nitrogen and oxygen atoms in total. The zero-order valence-electron chi connectivity index (χ0n) is 12.1. The highest BCUT2D eigenvalue weighted by molar-refractivity contribution is 5.78.